The molecule has 1 saturated heterocycles. The van der Waals surface area contributed by atoms with Crippen molar-refractivity contribution >= 4 is 6.72 Å². The minimum Gasteiger partial charge on any atom is -0.379 e. The van der Waals surface area contributed by atoms with E-state index in [2.05, 4.69) is 42.0 Å². The van der Waals surface area contributed by atoms with Gasteiger partial charge >= 0.3 is 0 Å². The Morgan fingerprint density at radius 3 is 2.67 bits per heavy atom. The molecule has 4 unspecified atom stereocenters. The van der Waals surface area contributed by atoms with Gasteiger partial charge in [0.25, 0.3) is 0 Å². The number of nitrogens with zero attached hydrogens (tertiary/aromatic N) is 2. The summed E-state index contributed by atoms with van der Waals surface area (Å²) in [6.07, 6.45) is 4.33. The number of unbranched alkanes of at least 4 members (excludes halogenated alkanes) is 1. The summed E-state index contributed by atoms with van der Waals surface area (Å²) < 4.78 is 29.2. The van der Waals surface area contributed by atoms with Crippen LogP contribution in [-0.2, 0) is 6.67 Å². The molecule has 0 aromatic heterocycles. The standard InChI is InChI=1S/C28H41F2N3/c1-8-10-12-22(9-2)26(28(31-6)27(30)24-15-16-33(7)18-24)21(5)32-20(4)25-14-11-13-23(17-29)19(25)3/h9,11,13-14,20,22,24,27,32H,2,5-6,8,10,12,15-18H2,1,3-4,7H3/b28-26+. The number of halogens is 2. The van der Waals surface area contributed by atoms with E-state index >= 15 is 4.39 Å². The lowest BCUT2D eigenvalue weighted by Crippen LogP contribution is -2.27. The van der Waals surface area contributed by atoms with Gasteiger partial charge in [0.15, 0.2) is 0 Å². The average Bonchev–Trinajstić information content (AvgIpc) is 3.24. The summed E-state index contributed by atoms with van der Waals surface area (Å²) in [5.74, 6) is -0.191. The summed E-state index contributed by atoms with van der Waals surface area (Å²) in [6, 6.07) is 5.53. The van der Waals surface area contributed by atoms with Crippen LogP contribution in [0.5, 0.6) is 0 Å². The lowest BCUT2D eigenvalue weighted by Gasteiger charge is -2.28. The molecule has 33 heavy (non-hydrogen) atoms. The fourth-order valence-electron chi connectivity index (χ4n) is 4.86. The van der Waals surface area contributed by atoms with Crippen LogP contribution in [0.3, 0.4) is 0 Å². The van der Waals surface area contributed by atoms with Crippen LogP contribution in [0.25, 0.3) is 0 Å². The zero-order valence-corrected chi connectivity index (χ0v) is 20.8. The van der Waals surface area contributed by atoms with Crippen molar-refractivity contribution < 1.29 is 8.78 Å². The molecule has 0 bridgehead atoms. The molecular weight excluding hydrogens is 416 g/mol. The van der Waals surface area contributed by atoms with E-state index in [9.17, 15) is 4.39 Å². The molecule has 1 fully saturated rings. The largest absolute Gasteiger partial charge is 0.379 e. The van der Waals surface area contributed by atoms with Gasteiger partial charge in [-0.1, -0.05) is 50.6 Å². The fourth-order valence-corrected chi connectivity index (χ4v) is 4.86. The zero-order valence-electron chi connectivity index (χ0n) is 20.8. The Hall–Kier alpha value is -2.27. The highest BCUT2D eigenvalue weighted by Crippen LogP contribution is 2.35. The zero-order chi connectivity index (χ0) is 24.5. The second-order valence-electron chi connectivity index (χ2n) is 9.26. The van der Waals surface area contributed by atoms with Crippen LogP contribution < -0.4 is 5.32 Å². The van der Waals surface area contributed by atoms with Crippen LogP contribution in [0.15, 0.2) is 59.4 Å². The summed E-state index contributed by atoms with van der Waals surface area (Å²) in [5.41, 5.74) is 4.35. The van der Waals surface area contributed by atoms with Gasteiger partial charge in [0, 0.05) is 35.7 Å². The van der Waals surface area contributed by atoms with Crippen molar-refractivity contribution in [2.75, 3.05) is 20.1 Å². The van der Waals surface area contributed by atoms with Crippen molar-refractivity contribution in [3.63, 3.8) is 0 Å². The highest BCUT2D eigenvalue weighted by molar-refractivity contribution is 5.44. The SMILES string of the molecule is C=CC(CCCC)/C(C(=C)NC(C)c1cccc(CF)c1C)=C(/N=C)C(F)C1CCN(C)C1. The van der Waals surface area contributed by atoms with E-state index in [1.807, 2.05) is 39.1 Å². The quantitative estimate of drug-likeness (QED) is 0.199. The molecule has 1 aliphatic rings. The number of hydrogen-bond acceptors (Lipinski definition) is 3. The maximum atomic E-state index is 15.8. The second-order valence-corrected chi connectivity index (χ2v) is 9.26. The van der Waals surface area contributed by atoms with Crippen molar-refractivity contribution in [2.45, 2.75) is 65.3 Å². The summed E-state index contributed by atoms with van der Waals surface area (Å²) in [5, 5.41) is 3.46. The Bertz CT molecular complexity index is 861. The number of aliphatic imine (C=N–C) groups is 1. The van der Waals surface area contributed by atoms with E-state index in [-0.39, 0.29) is 17.9 Å². The maximum absolute atomic E-state index is 15.8. The molecule has 1 aromatic carbocycles. The van der Waals surface area contributed by atoms with E-state index in [1.165, 1.54) is 0 Å². The third-order valence-corrected chi connectivity index (χ3v) is 6.89. The molecule has 1 aromatic rings. The van der Waals surface area contributed by atoms with Crippen LogP contribution >= 0.6 is 0 Å². The van der Waals surface area contributed by atoms with Crippen LogP contribution in [-0.4, -0.2) is 37.9 Å². The number of benzene rings is 1. The van der Waals surface area contributed by atoms with E-state index in [0.29, 0.717) is 23.5 Å². The molecule has 4 atom stereocenters. The highest BCUT2D eigenvalue weighted by atomic mass is 19.1. The Balaban J connectivity index is 2.43. The number of hydrogen-bond donors (Lipinski definition) is 1. The van der Waals surface area contributed by atoms with Crippen LogP contribution in [0.2, 0.25) is 0 Å². The van der Waals surface area contributed by atoms with E-state index in [1.54, 1.807) is 6.07 Å². The Kier molecular flexibility index (Phi) is 10.5. The Labute approximate surface area is 199 Å². The molecule has 0 aliphatic carbocycles. The Morgan fingerprint density at radius 1 is 1.39 bits per heavy atom. The number of nitrogens with one attached hydrogen (secondary N) is 1. The van der Waals surface area contributed by atoms with Crippen molar-refractivity contribution in [3.05, 3.63) is 71.1 Å². The molecule has 0 spiro atoms. The fraction of sp³-hybridized carbons (Fsp3) is 0.536. The molecule has 0 amide bonds. The molecule has 1 N–H and O–H groups in total. The first-order valence-corrected chi connectivity index (χ1v) is 12.0. The van der Waals surface area contributed by atoms with Crippen molar-refractivity contribution in [2.24, 2.45) is 16.8 Å². The molecule has 1 heterocycles. The van der Waals surface area contributed by atoms with Crippen LogP contribution in [0, 0.1) is 18.8 Å². The Morgan fingerprint density at radius 2 is 2.12 bits per heavy atom. The minimum atomic E-state index is -1.21. The first kappa shape index (κ1) is 27.0. The average molecular weight is 458 g/mol. The van der Waals surface area contributed by atoms with Gasteiger partial charge in [-0.25, -0.2) is 8.78 Å². The number of likely N-dealkylation sites (tertiary alicyclic amines) is 1. The van der Waals surface area contributed by atoms with E-state index < -0.39 is 12.8 Å². The van der Waals surface area contributed by atoms with Crippen molar-refractivity contribution in [1.29, 1.82) is 0 Å². The summed E-state index contributed by atoms with van der Waals surface area (Å²) >= 11 is 0. The maximum Gasteiger partial charge on any atom is 0.146 e. The molecule has 0 saturated carbocycles. The summed E-state index contributed by atoms with van der Waals surface area (Å²) in [4.78, 5) is 6.37. The topological polar surface area (TPSA) is 27.6 Å². The third kappa shape index (κ3) is 6.63. The van der Waals surface area contributed by atoms with Gasteiger partial charge < -0.3 is 10.2 Å². The highest BCUT2D eigenvalue weighted by Gasteiger charge is 2.33. The van der Waals surface area contributed by atoms with Gasteiger partial charge in [0.2, 0.25) is 0 Å². The molecule has 3 nitrogen and oxygen atoms in total. The van der Waals surface area contributed by atoms with E-state index in [0.717, 1.165) is 48.9 Å². The predicted molar refractivity (Wildman–Crippen MR) is 137 cm³/mol. The van der Waals surface area contributed by atoms with E-state index in [4.69, 9.17) is 0 Å². The summed E-state index contributed by atoms with van der Waals surface area (Å²) in [7, 11) is 2.02. The van der Waals surface area contributed by atoms with Gasteiger partial charge in [0.1, 0.15) is 12.8 Å². The molecule has 1 aliphatic heterocycles. The molecular formula is C28H41F2N3. The summed E-state index contributed by atoms with van der Waals surface area (Å²) in [6.45, 7) is 19.3. The minimum absolute atomic E-state index is 0.0756. The molecule has 0 radical (unpaired) electrons. The molecule has 2 rings (SSSR count). The molecule has 182 valence electrons. The van der Waals surface area contributed by atoms with Gasteiger partial charge in [-0.15, -0.1) is 6.58 Å². The van der Waals surface area contributed by atoms with Crippen molar-refractivity contribution in [1.82, 2.24) is 10.2 Å². The smallest absolute Gasteiger partial charge is 0.146 e. The third-order valence-electron chi connectivity index (χ3n) is 6.89. The van der Waals surface area contributed by atoms with Gasteiger partial charge in [-0.05, 0) is 63.7 Å². The second kappa shape index (κ2) is 12.8. The normalized spacial score (nSPS) is 20.0. The van der Waals surface area contributed by atoms with Crippen molar-refractivity contribution in [3.8, 4) is 0 Å². The van der Waals surface area contributed by atoms with Gasteiger partial charge in [-0.3, -0.25) is 4.99 Å². The van der Waals surface area contributed by atoms with Crippen LogP contribution in [0.4, 0.5) is 8.78 Å². The number of alkyl halides is 2. The lowest BCUT2D eigenvalue weighted by molar-refractivity contribution is 0.260. The first-order chi connectivity index (χ1) is 15.8. The number of rotatable bonds is 13. The number of allylic oxidation sites excluding steroid dienone is 3. The predicted octanol–water partition coefficient (Wildman–Crippen LogP) is 6.87. The van der Waals surface area contributed by atoms with Crippen LogP contribution in [0.1, 0.15) is 62.3 Å². The monoisotopic (exact) mass is 457 g/mol. The molecule has 5 heteroatoms. The first-order valence-electron chi connectivity index (χ1n) is 12.0. The lowest BCUT2D eigenvalue weighted by atomic mass is 9.86. The van der Waals surface area contributed by atoms with Gasteiger partial charge in [-0.2, -0.15) is 0 Å². The van der Waals surface area contributed by atoms with Gasteiger partial charge in [0.05, 0.1) is 5.70 Å².